The van der Waals surface area contributed by atoms with Crippen LogP contribution in [0.1, 0.15) is 57.8 Å². The quantitative estimate of drug-likeness (QED) is 0.842. The molecule has 0 aromatic rings. The Labute approximate surface area is 132 Å². The van der Waals surface area contributed by atoms with Crippen molar-refractivity contribution in [3.63, 3.8) is 0 Å². The summed E-state index contributed by atoms with van der Waals surface area (Å²) in [5, 5.41) is 6.99. The molecular formula is C16H28N2O2S. The summed E-state index contributed by atoms with van der Waals surface area (Å²) in [6, 6.07) is 0.660. The topological polar surface area (TPSA) is 50.4 Å². The van der Waals surface area contributed by atoms with Crippen molar-refractivity contribution in [2.75, 3.05) is 12.9 Å². The zero-order valence-electron chi connectivity index (χ0n) is 13.0. The van der Waals surface area contributed by atoms with Gasteiger partial charge in [-0.25, -0.2) is 4.79 Å². The molecule has 5 heteroatoms. The third-order valence-electron chi connectivity index (χ3n) is 5.41. The number of hydrogen-bond donors (Lipinski definition) is 2. The molecule has 3 fully saturated rings. The van der Waals surface area contributed by atoms with Crippen molar-refractivity contribution in [3.8, 4) is 0 Å². The number of amides is 2. The van der Waals surface area contributed by atoms with Crippen LogP contribution in [0.2, 0.25) is 0 Å². The molecule has 3 aliphatic rings. The summed E-state index contributed by atoms with van der Waals surface area (Å²) >= 11 is 1.88. The molecule has 21 heavy (non-hydrogen) atoms. The van der Waals surface area contributed by atoms with E-state index in [-0.39, 0.29) is 17.7 Å². The molecule has 1 aliphatic heterocycles. The van der Waals surface area contributed by atoms with Crippen molar-refractivity contribution in [2.24, 2.45) is 0 Å². The highest BCUT2D eigenvalue weighted by molar-refractivity contribution is 7.99. The number of carbonyl (C=O) groups is 1. The summed E-state index contributed by atoms with van der Waals surface area (Å²) in [4.78, 5) is 12.3. The maximum Gasteiger partial charge on any atom is 0.315 e. The summed E-state index contributed by atoms with van der Waals surface area (Å²) in [5.41, 5.74) is 0.0748. The van der Waals surface area contributed by atoms with Crippen LogP contribution < -0.4 is 10.6 Å². The molecule has 2 N–H and O–H groups in total. The fourth-order valence-electron chi connectivity index (χ4n) is 4.29. The van der Waals surface area contributed by atoms with E-state index in [0.29, 0.717) is 11.3 Å². The van der Waals surface area contributed by atoms with Gasteiger partial charge < -0.3 is 15.4 Å². The summed E-state index contributed by atoms with van der Waals surface area (Å²) in [6.07, 6.45) is 12.6. The van der Waals surface area contributed by atoms with Crippen LogP contribution in [0.4, 0.5) is 4.79 Å². The van der Waals surface area contributed by atoms with Crippen molar-refractivity contribution >= 4 is 17.8 Å². The lowest BCUT2D eigenvalue weighted by molar-refractivity contribution is -0.0820. The number of ether oxygens (including phenoxy) is 1. The zero-order chi connectivity index (χ0) is 14.7. The van der Waals surface area contributed by atoms with E-state index in [1.807, 2.05) is 11.8 Å². The number of rotatable bonds is 3. The van der Waals surface area contributed by atoms with Crippen LogP contribution in [0.15, 0.2) is 0 Å². The van der Waals surface area contributed by atoms with Crippen LogP contribution in [-0.4, -0.2) is 41.8 Å². The molecule has 2 saturated carbocycles. The van der Waals surface area contributed by atoms with E-state index < -0.39 is 0 Å². The number of carbonyl (C=O) groups excluding carboxylic acids is 1. The lowest BCUT2D eigenvalue weighted by Crippen LogP contribution is -2.52. The standard InChI is InChI=1S/C16H28N2O2S/c1-21-14-6-4-5-13(14)18-15(19)17-12-7-10-20-16(11-12)8-2-3-9-16/h12-14H,2-11H2,1H3,(H2,17,18,19)/t12-,13+,14-/m1/s1. The molecule has 0 radical (unpaired) electrons. The lowest BCUT2D eigenvalue weighted by atomic mass is 9.89. The van der Waals surface area contributed by atoms with Crippen molar-refractivity contribution in [1.29, 1.82) is 0 Å². The minimum atomic E-state index is 0.0287. The van der Waals surface area contributed by atoms with Gasteiger partial charge in [0.1, 0.15) is 0 Å². The minimum Gasteiger partial charge on any atom is -0.375 e. The zero-order valence-corrected chi connectivity index (χ0v) is 13.8. The monoisotopic (exact) mass is 312 g/mol. The molecule has 0 unspecified atom stereocenters. The Bertz CT molecular complexity index is 371. The van der Waals surface area contributed by atoms with E-state index in [1.54, 1.807) is 0 Å². The average Bonchev–Trinajstić information content (AvgIpc) is 3.08. The Morgan fingerprint density at radius 2 is 1.95 bits per heavy atom. The third-order valence-corrected chi connectivity index (χ3v) is 6.58. The molecule has 2 amide bonds. The molecule has 3 atom stereocenters. The van der Waals surface area contributed by atoms with Crippen LogP contribution in [0.5, 0.6) is 0 Å². The van der Waals surface area contributed by atoms with Crippen LogP contribution in [-0.2, 0) is 4.74 Å². The molecule has 1 saturated heterocycles. The van der Waals surface area contributed by atoms with Gasteiger partial charge in [0.2, 0.25) is 0 Å². The minimum absolute atomic E-state index is 0.0287. The highest BCUT2D eigenvalue weighted by Gasteiger charge is 2.40. The number of hydrogen-bond acceptors (Lipinski definition) is 3. The van der Waals surface area contributed by atoms with Gasteiger partial charge in [-0.2, -0.15) is 11.8 Å². The first-order valence-corrected chi connectivity index (χ1v) is 9.73. The van der Waals surface area contributed by atoms with Gasteiger partial charge in [-0.3, -0.25) is 0 Å². The van der Waals surface area contributed by atoms with E-state index in [2.05, 4.69) is 16.9 Å². The van der Waals surface area contributed by atoms with E-state index >= 15 is 0 Å². The Morgan fingerprint density at radius 1 is 1.14 bits per heavy atom. The van der Waals surface area contributed by atoms with Crippen LogP contribution in [0.25, 0.3) is 0 Å². The predicted molar refractivity (Wildman–Crippen MR) is 86.8 cm³/mol. The first-order chi connectivity index (χ1) is 10.2. The van der Waals surface area contributed by atoms with E-state index in [0.717, 1.165) is 25.9 Å². The second-order valence-corrected chi connectivity index (χ2v) is 7.93. The van der Waals surface area contributed by atoms with Crippen molar-refractivity contribution in [1.82, 2.24) is 10.6 Å². The van der Waals surface area contributed by atoms with Crippen molar-refractivity contribution < 1.29 is 9.53 Å². The number of thioether (sulfide) groups is 1. The summed E-state index contributed by atoms with van der Waals surface area (Å²) in [6.45, 7) is 0.793. The van der Waals surface area contributed by atoms with E-state index in [4.69, 9.17) is 4.74 Å². The van der Waals surface area contributed by atoms with Gasteiger partial charge in [0.05, 0.1) is 5.60 Å². The van der Waals surface area contributed by atoms with Gasteiger partial charge in [0.25, 0.3) is 0 Å². The number of nitrogens with one attached hydrogen (secondary N) is 2. The van der Waals surface area contributed by atoms with Crippen LogP contribution in [0, 0.1) is 0 Å². The van der Waals surface area contributed by atoms with Gasteiger partial charge in [-0.15, -0.1) is 0 Å². The Balaban J connectivity index is 1.48. The Hall–Kier alpha value is -0.420. The largest absolute Gasteiger partial charge is 0.375 e. The summed E-state index contributed by atoms with van der Waals surface area (Å²) in [7, 11) is 0. The highest BCUT2D eigenvalue weighted by Crippen LogP contribution is 2.40. The van der Waals surface area contributed by atoms with Gasteiger partial charge in [-0.1, -0.05) is 19.3 Å². The van der Waals surface area contributed by atoms with Crippen molar-refractivity contribution in [2.45, 2.75) is 80.7 Å². The molecular weight excluding hydrogens is 284 g/mol. The fourth-order valence-corrected chi connectivity index (χ4v) is 5.22. The predicted octanol–water partition coefficient (Wildman–Crippen LogP) is 3.06. The third kappa shape index (κ3) is 3.67. The maximum atomic E-state index is 12.3. The summed E-state index contributed by atoms with van der Waals surface area (Å²) < 4.78 is 6.03. The van der Waals surface area contributed by atoms with Gasteiger partial charge in [0, 0.05) is 23.9 Å². The van der Waals surface area contributed by atoms with Gasteiger partial charge in [0.15, 0.2) is 0 Å². The molecule has 3 rings (SSSR count). The SMILES string of the molecule is CS[C@@H]1CCC[C@@H]1NC(=O)N[C@@H]1CCOC2(CCCC2)C1. The first kappa shape index (κ1) is 15.5. The van der Waals surface area contributed by atoms with E-state index in [1.165, 1.54) is 38.5 Å². The first-order valence-electron chi connectivity index (χ1n) is 8.45. The molecule has 0 bridgehead atoms. The van der Waals surface area contributed by atoms with Gasteiger partial charge >= 0.3 is 6.03 Å². The average molecular weight is 312 g/mol. The van der Waals surface area contributed by atoms with Crippen molar-refractivity contribution in [3.05, 3.63) is 0 Å². The van der Waals surface area contributed by atoms with Crippen LogP contribution in [0.3, 0.4) is 0 Å². The molecule has 1 heterocycles. The normalized spacial score (nSPS) is 35.0. The van der Waals surface area contributed by atoms with Crippen LogP contribution >= 0.6 is 11.8 Å². The Morgan fingerprint density at radius 3 is 2.71 bits per heavy atom. The molecule has 4 nitrogen and oxygen atoms in total. The molecule has 120 valence electrons. The van der Waals surface area contributed by atoms with E-state index in [9.17, 15) is 4.79 Å². The molecule has 1 spiro atoms. The number of urea groups is 1. The fraction of sp³-hybridized carbons (Fsp3) is 0.938. The highest BCUT2D eigenvalue weighted by atomic mass is 32.2. The summed E-state index contributed by atoms with van der Waals surface area (Å²) in [5.74, 6) is 0. The second-order valence-electron chi connectivity index (χ2n) is 6.86. The molecule has 0 aromatic carbocycles. The maximum absolute atomic E-state index is 12.3. The second kappa shape index (κ2) is 6.78. The smallest absolute Gasteiger partial charge is 0.315 e. The molecule has 2 aliphatic carbocycles. The molecule has 0 aromatic heterocycles. The lowest BCUT2D eigenvalue weighted by Gasteiger charge is -2.38. The Kier molecular flexibility index (Phi) is 4.99. The van der Waals surface area contributed by atoms with Gasteiger partial charge in [-0.05, 0) is 44.8 Å².